The molecule has 18 heavy (non-hydrogen) atoms. The van der Waals surface area contributed by atoms with Crippen molar-refractivity contribution in [1.82, 2.24) is 9.78 Å². The summed E-state index contributed by atoms with van der Waals surface area (Å²) >= 11 is 1.74. The standard InChI is InChI=1S/C13H14N4S/c1-8-12(14)13(17(2)16-8)15-10-3-4-11-9(7-10)5-6-18-11/h3-7,15H,14H2,1-2H3. The summed E-state index contributed by atoms with van der Waals surface area (Å²) in [6.07, 6.45) is 0. The lowest BCUT2D eigenvalue weighted by Crippen LogP contribution is -2.01. The molecule has 92 valence electrons. The lowest BCUT2D eigenvalue weighted by Gasteiger charge is -2.07. The molecule has 1 aromatic carbocycles. The van der Waals surface area contributed by atoms with Gasteiger partial charge in [-0.15, -0.1) is 11.3 Å². The third-order valence-corrected chi connectivity index (χ3v) is 3.88. The Labute approximate surface area is 109 Å². The van der Waals surface area contributed by atoms with Crippen LogP contribution in [0.2, 0.25) is 0 Å². The number of nitrogens with two attached hydrogens (primary N) is 1. The smallest absolute Gasteiger partial charge is 0.152 e. The zero-order valence-electron chi connectivity index (χ0n) is 10.3. The molecule has 4 nitrogen and oxygen atoms in total. The van der Waals surface area contributed by atoms with Crippen LogP contribution in [0.15, 0.2) is 29.6 Å². The van der Waals surface area contributed by atoms with Gasteiger partial charge in [-0.3, -0.25) is 4.68 Å². The van der Waals surface area contributed by atoms with Crippen molar-refractivity contribution in [1.29, 1.82) is 0 Å². The van der Waals surface area contributed by atoms with Gasteiger partial charge in [0.2, 0.25) is 0 Å². The maximum atomic E-state index is 6.00. The monoisotopic (exact) mass is 258 g/mol. The van der Waals surface area contributed by atoms with Crippen LogP contribution in [-0.2, 0) is 7.05 Å². The number of fused-ring (bicyclic) bond motifs is 1. The lowest BCUT2D eigenvalue weighted by molar-refractivity contribution is 0.765. The van der Waals surface area contributed by atoms with E-state index in [-0.39, 0.29) is 0 Å². The summed E-state index contributed by atoms with van der Waals surface area (Å²) < 4.78 is 3.05. The van der Waals surface area contributed by atoms with E-state index in [4.69, 9.17) is 5.73 Å². The molecule has 0 saturated carbocycles. The zero-order chi connectivity index (χ0) is 12.7. The largest absolute Gasteiger partial charge is 0.394 e. The first-order valence-electron chi connectivity index (χ1n) is 5.68. The highest BCUT2D eigenvalue weighted by Gasteiger charge is 2.10. The van der Waals surface area contributed by atoms with Gasteiger partial charge in [0.15, 0.2) is 5.82 Å². The summed E-state index contributed by atoms with van der Waals surface area (Å²) in [5.74, 6) is 0.835. The minimum absolute atomic E-state index is 0.697. The maximum Gasteiger partial charge on any atom is 0.152 e. The van der Waals surface area contributed by atoms with E-state index in [0.717, 1.165) is 17.2 Å². The van der Waals surface area contributed by atoms with Crippen molar-refractivity contribution in [3.8, 4) is 0 Å². The molecule has 2 aromatic heterocycles. The lowest BCUT2D eigenvalue weighted by atomic mass is 10.2. The van der Waals surface area contributed by atoms with Gasteiger partial charge >= 0.3 is 0 Å². The summed E-state index contributed by atoms with van der Waals surface area (Å²) in [6, 6.07) is 8.40. The Morgan fingerprint density at radius 2 is 2.17 bits per heavy atom. The molecule has 5 heteroatoms. The minimum atomic E-state index is 0.697. The molecule has 0 aliphatic carbocycles. The van der Waals surface area contributed by atoms with Gasteiger partial charge in [-0.1, -0.05) is 0 Å². The number of aromatic nitrogens is 2. The summed E-state index contributed by atoms with van der Waals surface area (Å²) in [5.41, 5.74) is 8.57. The van der Waals surface area contributed by atoms with Gasteiger partial charge in [-0.25, -0.2) is 0 Å². The summed E-state index contributed by atoms with van der Waals surface area (Å²) in [5, 5.41) is 10.9. The van der Waals surface area contributed by atoms with Crippen LogP contribution in [0.3, 0.4) is 0 Å². The van der Waals surface area contributed by atoms with E-state index < -0.39 is 0 Å². The van der Waals surface area contributed by atoms with E-state index in [1.54, 1.807) is 16.0 Å². The molecule has 3 rings (SSSR count). The fourth-order valence-corrected chi connectivity index (χ4v) is 2.77. The van der Waals surface area contributed by atoms with Gasteiger partial charge in [-0.05, 0) is 42.0 Å². The third kappa shape index (κ3) is 1.73. The van der Waals surface area contributed by atoms with Crippen LogP contribution >= 0.6 is 11.3 Å². The fraction of sp³-hybridized carbons (Fsp3) is 0.154. The quantitative estimate of drug-likeness (QED) is 0.741. The van der Waals surface area contributed by atoms with Crippen LogP contribution in [-0.4, -0.2) is 9.78 Å². The van der Waals surface area contributed by atoms with Crippen LogP contribution in [0.1, 0.15) is 5.69 Å². The van der Waals surface area contributed by atoms with Crippen molar-refractivity contribution < 1.29 is 0 Å². The minimum Gasteiger partial charge on any atom is -0.394 e. The first kappa shape index (κ1) is 11.1. The Morgan fingerprint density at radius 1 is 1.33 bits per heavy atom. The Morgan fingerprint density at radius 3 is 2.89 bits per heavy atom. The summed E-state index contributed by atoms with van der Waals surface area (Å²) in [6.45, 7) is 1.91. The van der Waals surface area contributed by atoms with Crippen LogP contribution in [0.4, 0.5) is 17.2 Å². The Kier molecular flexibility index (Phi) is 2.48. The van der Waals surface area contributed by atoms with E-state index in [2.05, 4.69) is 40.1 Å². The molecule has 0 aliphatic heterocycles. The molecule has 0 spiro atoms. The molecule has 0 unspecified atom stereocenters. The van der Waals surface area contributed by atoms with Crippen molar-refractivity contribution in [2.24, 2.45) is 7.05 Å². The van der Waals surface area contributed by atoms with Crippen LogP contribution in [0.5, 0.6) is 0 Å². The number of rotatable bonds is 2. The molecular formula is C13H14N4S. The Balaban J connectivity index is 2.00. The normalized spacial score (nSPS) is 11.0. The predicted octanol–water partition coefficient (Wildman–Crippen LogP) is 3.27. The van der Waals surface area contributed by atoms with E-state index in [1.165, 1.54) is 10.1 Å². The third-order valence-electron chi connectivity index (χ3n) is 2.98. The summed E-state index contributed by atoms with van der Waals surface area (Å²) in [4.78, 5) is 0. The van der Waals surface area contributed by atoms with Crippen molar-refractivity contribution >= 4 is 38.6 Å². The second-order valence-corrected chi connectivity index (χ2v) is 5.22. The predicted molar refractivity (Wildman–Crippen MR) is 77.5 cm³/mol. The number of anilines is 3. The highest BCUT2D eigenvalue weighted by Crippen LogP contribution is 2.28. The molecule has 3 aromatic rings. The molecule has 3 N–H and O–H groups in total. The first-order chi connectivity index (χ1) is 8.65. The van der Waals surface area contributed by atoms with E-state index >= 15 is 0 Å². The highest BCUT2D eigenvalue weighted by molar-refractivity contribution is 7.17. The van der Waals surface area contributed by atoms with Gasteiger partial charge in [0.1, 0.15) is 0 Å². The van der Waals surface area contributed by atoms with Gasteiger partial charge in [0, 0.05) is 17.4 Å². The molecule has 0 radical (unpaired) electrons. The van der Waals surface area contributed by atoms with Crippen LogP contribution in [0.25, 0.3) is 10.1 Å². The number of benzene rings is 1. The number of nitrogens with one attached hydrogen (secondary N) is 1. The van der Waals surface area contributed by atoms with Gasteiger partial charge in [0.05, 0.1) is 11.4 Å². The van der Waals surface area contributed by atoms with Crippen molar-refractivity contribution in [3.05, 3.63) is 35.3 Å². The molecule has 0 aliphatic rings. The SMILES string of the molecule is Cc1nn(C)c(Nc2ccc3sccc3c2)c1N. The maximum absolute atomic E-state index is 6.00. The number of hydrogen-bond donors (Lipinski definition) is 2. The number of aryl methyl sites for hydroxylation is 2. The second kappa shape index (κ2) is 4.03. The molecule has 0 amide bonds. The Bertz CT molecular complexity index is 711. The van der Waals surface area contributed by atoms with E-state index in [9.17, 15) is 0 Å². The average molecular weight is 258 g/mol. The van der Waals surface area contributed by atoms with Gasteiger partial charge < -0.3 is 11.1 Å². The first-order valence-corrected chi connectivity index (χ1v) is 6.56. The van der Waals surface area contributed by atoms with Gasteiger partial charge in [-0.2, -0.15) is 5.10 Å². The summed E-state index contributed by atoms with van der Waals surface area (Å²) in [7, 11) is 1.88. The number of nitrogen functional groups attached to an aromatic ring is 1. The highest BCUT2D eigenvalue weighted by atomic mass is 32.1. The van der Waals surface area contributed by atoms with Crippen molar-refractivity contribution in [3.63, 3.8) is 0 Å². The number of thiophene rings is 1. The topological polar surface area (TPSA) is 55.9 Å². The molecule has 2 heterocycles. The second-order valence-electron chi connectivity index (χ2n) is 4.27. The Hall–Kier alpha value is -2.01. The number of hydrogen-bond acceptors (Lipinski definition) is 4. The number of nitrogens with zero attached hydrogens (tertiary/aromatic N) is 2. The van der Waals surface area contributed by atoms with E-state index in [1.807, 2.05) is 14.0 Å². The molecule has 0 fully saturated rings. The zero-order valence-corrected chi connectivity index (χ0v) is 11.1. The average Bonchev–Trinajstić information content (AvgIpc) is 2.89. The van der Waals surface area contributed by atoms with Crippen molar-refractivity contribution in [2.75, 3.05) is 11.1 Å². The van der Waals surface area contributed by atoms with E-state index in [0.29, 0.717) is 5.69 Å². The molecular weight excluding hydrogens is 244 g/mol. The van der Waals surface area contributed by atoms with Crippen LogP contribution in [0, 0.1) is 6.92 Å². The fourth-order valence-electron chi connectivity index (χ4n) is 2.00. The van der Waals surface area contributed by atoms with Gasteiger partial charge in [0.25, 0.3) is 0 Å². The molecule has 0 bridgehead atoms. The van der Waals surface area contributed by atoms with Crippen LogP contribution < -0.4 is 11.1 Å². The molecule has 0 saturated heterocycles. The molecule has 0 atom stereocenters. The van der Waals surface area contributed by atoms with Crippen molar-refractivity contribution in [2.45, 2.75) is 6.92 Å².